The van der Waals surface area contributed by atoms with E-state index in [-0.39, 0.29) is 0 Å². The Hall–Kier alpha value is -1.80. The summed E-state index contributed by atoms with van der Waals surface area (Å²) >= 11 is 0. The van der Waals surface area contributed by atoms with E-state index in [2.05, 4.69) is 55.3 Å². The Kier molecular flexibility index (Phi) is 4.58. The Morgan fingerprint density at radius 1 is 1.00 bits per heavy atom. The average molecular weight is 254 g/mol. The zero-order valence-corrected chi connectivity index (χ0v) is 11.8. The lowest BCUT2D eigenvalue weighted by molar-refractivity contribution is 0.331. The van der Waals surface area contributed by atoms with Gasteiger partial charge < -0.3 is 10.6 Å². The van der Waals surface area contributed by atoms with Gasteiger partial charge in [0, 0.05) is 18.8 Å². The van der Waals surface area contributed by atoms with Crippen molar-refractivity contribution in [2.24, 2.45) is 0 Å². The number of nitrogens with zero attached hydrogens (tertiary/aromatic N) is 1. The minimum Gasteiger partial charge on any atom is -0.399 e. The molecular weight excluding hydrogens is 232 g/mol. The van der Waals surface area contributed by atoms with Crippen molar-refractivity contribution in [3.8, 4) is 0 Å². The van der Waals surface area contributed by atoms with E-state index in [1.165, 1.54) is 16.7 Å². The van der Waals surface area contributed by atoms with Gasteiger partial charge in [0.05, 0.1) is 0 Å². The molecule has 0 fully saturated rings. The van der Waals surface area contributed by atoms with E-state index in [9.17, 15) is 0 Å². The van der Waals surface area contributed by atoms with Crippen molar-refractivity contribution in [2.75, 3.05) is 19.3 Å². The number of likely N-dealkylation sites (N-methyl/N-ethyl adjacent to an activating group) is 1. The van der Waals surface area contributed by atoms with Crippen LogP contribution in [0.1, 0.15) is 16.7 Å². The molecule has 0 spiro atoms. The molecule has 2 aromatic rings. The molecule has 2 heteroatoms. The molecule has 0 aliphatic carbocycles. The first-order valence-electron chi connectivity index (χ1n) is 6.72. The van der Waals surface area contributed by atoms with E-state index in [1.54, 1.807) is 0 Å². The van der Waals surface area contributed by atoms with Crippen molar-refractivity contribution in [1.82, 2.24) is 4.90 Å². The van der Waals surface area contributed by atoms with Crippen molar-refractivity contribution in [3.05, 3.63) is 65.2 Å². The fraction of sp³-hybridized carbons (Fsp3) is 0.294. The van der Waals surface area contributed by atoms with Gasteiger partial charge in [-0.05, 0) is 43.7 Å². The highest BCUT2D eigenvalue weighted by Gasteiger charge is 2.01. The molecule has 0 amide bonds. The summed E-state index contributed by atoms with van der Waals surface area (Å²) < 4.78 is 0. The zero-order valence-electron chi connectivity index (χ0n) is 11.8. The number of anilines is 1. The van der Waals surface area contributed by atoms with Crippen molar-refractivity contribution < 1.29 is 0 Å². The summed E-state index contributed by atoms with van der Waals surface area (Å²) in [4.78, 5) is 2.35. The van der Waals surface area contributed by atoms with E-state index in [4.69, 9.17) is 5.73 Å². The molecule has 100 valence electrons. The first-order chi connectivity index (χ1) is 9.13. The lowest BCUT2D eigenvalue weighted by Crippen LogP contribution is -2.20. The topological polar surface area (TPSA) is 29.3 Å². The second kappa shape index (κ2) is 6.39. The van der Waals surface area contributed by atoms with Crippen LogP contribution in [0.15, 0.2) is 48.5 Å². The van der Waals surface area contributed by atoms with Crippen LogP contribution in [0.5, 0.6) is 0 Å². The van der Waals surface area contributed by atoms with Gasteiger partial charge in [0.15, 0.2) is 0 Å². The third kappa shape index (κ3) is 4.42. The first-order valence-corrected chi connectivity index (χ1v) is 6.72. The highest BCUT2D eigenvalue weighted by molar-refractivity contribution is 5.40. The van der Waals surface area contributed by atoms with Crippen molar-refractivity contribution in [3.63, 3.8) is 0 Å². The van der Waals surface area contributed by atoms with Gasteiger partial charge in [-0.1, -0.05) is 42.0 Å². The fourth-order valence-corrected chi connectivity index (χ4v) is 2.27. The second-order valence-electron chi connectivity index (χ2n) is 5.22. The third-order valence-corrected chi connectivity index (χ3v) is 3.27. The highest BCUT2D eigenvalue weighted by Crippen LogP contribution is 2.10. The molecule has 0 saturated carbocycles. The predicted octanol–water partition coefficient (Wildman–Crippen LogP) is 3.25. The molecule has 0 unspecified atom stereocenters. The summed E-state index contributed by atoms with van der Waals surface area (Å²) in [5, 5.41) is 0. The Balaban J connectivity index is 1.86. The van der Waals surface area contributed by atoms with Gasteiger partial charge >= 0.3 is 0 Å². The van der Waals surface area contributed by atoms with Crippen molar-refractivity contribution in [1.29, 1.82) is 0 Å². The van der Waals surface area contributed by atoms with E-state index in [1.807, 2.05) is 12.1 Å². The van der Waals surface area contributed by atoms with Gasteiger partial charge in [-0.25, -0.2) is 0 Å². The van der Waals surface area contributed by atoms with Crippen LogP contribution < -0.4 is 5.73 Å². The first kappa shape index (κ1) is 13.6. The molecule has 2 aromatic carbocycles. The fourth-order valence-electron chi connectivity index (χ4n) is 2.27. The molecule has 0 heterocycles. The highest BCUT2D eigenvalue weighted by atomic mass is 15.1. The van der Waals surface area contributed by atoms with Crippen LogP contribution in [0.4, 0.5) is 5.69 Å². The largest absolute Gasteiger partial charge is 0.399 e. The molecule has 0 radical (unpaired) electrons. The number of hydrogen-bond acceptors (Lipinski definition) is 2. The minimum atomic E-state index is 0.846. The Bertz CT molecular complexity index is 534. The van der Waals surface area contributed by atoms with Gasteiger partial charge in [0.1, 0.15) is 0 Å². The van der Waals surface area contributed by atoms with Gasteiger partial charge in [-0.3, -0.25) is 0 Å². The number of hydrogen-bond donors (Lipinski definition) is 1. The van der Waals surface area contributed by atoms with Crippen LogP contribution in [-0.4, -0.2) is 18.5 Å². The van der Waals surface area contributed by atoms with E-state index < -0.39 is 0 Å². The third-order valence-electron chi connectivity index (χ3n) is 3.27. The number of benzene rings is 2. The molecule has 19 heavy (non-hydrogen) atoms. The molecule has 0 bridgehead atoms. The molecule has 0 aromatic heterocycles. The van der Waals surface area contributed by atoms with Crippen LogP contribution in [0.2, 0.25) is 0 Å². The minimum absolute atomic E-state index is 0.846. The number of aryl methyl sites for hydroxylation is 1. The van der Waals surface area contributed by atoms with Gasteiger partial charge in [0.2, 0.25) is 0 Å². The lowest BCUT2D eigenvalue weighted by atomic mass is 10.1. The molecule has 0 atom stereocenters. The van der Waals surface area contributed by atoms with Crippen LogP contribution in [0.25, 0.3) is 0 Å². The SMILES string of the molecule is Cc1cccc(CN(C)CCc2cccc(N)c2)c1. The van der Waals surface area contributed by atoms with E-state index in [0.29, 0.717) is 0 Å². The van der Waals surface area contributed by atoms with Gasteiger partial charge in [-0.2, -0.15) is 0 Å². The molecule has 0 aliphatic heterocycles. The second-order valence-corrected chi connectivity index (χ2v) is 5.22. The van der Waals surface area contributed by atoms with Crippen molar-refractivity contribution >= 4 is 5.69 Å². The normalized spacial score (nSPS) is 10.9. The molecular formula is C17H22N2. The van der Waals surface area contributed by atoms with Crippen LogP contribution in [0.3, 0.4) is 0 Å². The smallest absolute Gasteiger partial charge is 0.0316 e. The average Bonchev–Trinajstić information content (AvgIpc) is 2.36. The van der Waals surface area contributed by atoms with Crippen LogP contribution >= 0.6 is 0 Å². The summed E-state index contributed by atoms with van der Waals surface area (Å²) in [5.74, 6) is 0. The Morgan fingerprint density at radius 2 is 1.74 bits per heavy atom. The summed E-state index contributed by atoms with van der Waals surface area (Å²) in [5.41, 5.74) is 10.6. The molecule has 0 saturated heterocycles. The molecule has 2 N–H and O–H groups in total. The molecule has 2 rings (SSSR count). The zero-order chi connectivity index (χ0) is 13.7. The van der Waals surface area contributed by atoms with E-state index in [0.717, 1.165) is 25.2 Å². The van der Waals surface area contributed by atoms with Crippen molar-refractivity contribution in [2.45, 2.75) is 19.9 Å². The maximum atomic E-state index is 5.79. The maximum Gasteiger partial charge on any atom is 0.0316 e. The van der Waals surface area contributed by atoms with Gasteiger partial charge in [-0.15, -0.1) is 0 Å². The standard InChI is InChI=1S/C17H22N2/c1-14-5-3-7-16(11-14)13-19(2)10-9-15-6-4-8-17(18)12-15/h3-8,11-12H,9-10,13,18H2,1-2H3. The summed E-state index contributed by atoms with van der Waals surface area (Å²) in [6, 6.07) is 16.8. The van der Waals surface area contributed by atoms with Gasteiger partial charge in [0.25, 0.3) is 0 Å². The number of rotatable bonds is 5. The lowest BCUT2D eigenvalue weighted by Gasteiger charge is -2.17. The summed E-state index contributed by atoms with van der Waals surface area (Å²) in [6.07, 6.45) is 1.04. The quantitative estimate of drug-likeness (QED) is 0.830. The Labute approximate surface area is 115 Å². The molecule has 2 nitrogen and oxygen atoms in total. The van der Waals surface area contributed by atoms with Crippen LogP contribution in [0, 0.1) is 6.92 Å². The Morgan fingerprint density at radius 3 is 2.47 bits per heavy atom. The number of nitrogen functional groups attached to an aromatic ring is 1. The number of nitrogens with two attached hydrogens (primary N) is 1. The molecule has 0 aliphatic rings. The summed E-state index contributed by atoms with van der Waals surface area (Å²) in [6.45, 7) is 4.16. The maximum absolute atomic E-state index is 5.79. The van der Waals surface area contributed by atoms with E-state index >= 15 is 0 Å². The summed E-state index contributed by atoms with van der Waals surface area (Å²) in [7, 11) is 2.16. The monoisotopic (exact) mass is 254 g/mol. The van der Waals surface area contributed by atoms with Crippen LogP contribution in [-0.2, 0) is 13.0 Å². The predicted molar refractivity (Wildman–Crippen MR) is 82.1 cm³/mol.